The Kier molecular flexibility index (Phi) is 6.26. The van der Waals surface area contributed by atoms with Crippen molar-refractivity contribution in [1.29, 1.82) is 0 Å². The van der Waals surface area contributed by atoms with Crippen LogP contribution >= 0.6 is 0 Å². The number of aliphatic carboxylic acids is 1. The number of carboxylic acid groups (broad SMARTS) is 1. The van der Waals surface area contributed by atoms with Gasteiger partial charge in [0.1, 0.15) is 11.5 Å². The van der Waals surface area contributed by atoms with Crippen molar-refractivity contribution in [3.63, 3.8) is 0 Å². The van der Waals surface area contributed by atoms with E-state index in [4.69, 9.17) is 5.11 Å². The van der Waals surface area contributed by atoms with E-state index in [0.717, 1.165) is 17.6 Å². The van der Waals surface area contributed by atoms with Crippen molar-refractivity contribution in [3.05, 3.63) is 47.1 Å². The molecule has 0 aliphatic heterocycles. The number of allylic oxidation sites excluding steroid dienone is 2. The standard InChI is InChI=1S/C20H26O5/c1-12(2)15-7-6-14(20(24)25)11-16(15)19-17(22)9-13(10-18(19)23)5-3-4-8-21/h9-11,15-16,21-23H,1,3-8H2,2H3,(H,24,25)/t15-,16?/m0/s1. The van der Waals surface area contributed by atoms with Crippen LogP contribution in [0.15, 0.2) is 35.9 Å². The fourth-order valence-electron chi connectivity index (χ4n) is 3.53. The Morgan fingerprint density at radius 3 is 2.40 bits per heavy atom. The van der Waals surface area contributed by atoms with Gasteiger partial charge in [-0.3, -0.25) is 0 Å². The fourth-order valence-corrected chi connectivity index (χ4v) is 3.53. The molecule has 1 aromatic carbocycles. The van der Waals surface area contributed by atoms with Gasteiger partial charge in [0, 0.05) is 23.7 Å². The van der Waals surface area contributed by atoms with Gasteiger partial charge in [0.25, 0.3) is 0 Å². The quantitative estimate of drug-likeness (QED) is 0.447. The monoisotopic (exact) mass is 346 g/mol. The molecular weight excluding hydrogens is 320 g/mol. The average molecular weight is 346 g/mol. The lowest BCUT2D eigenvalue weighted by atomic mass is 9.73. The van der Waals surface area contributed by atoms with Gasteiger partial charge < -0.3 is 20.4 Å². The molecule has 1 unspecified atom stereocenters. The number of hydrogen-bond acceptors (Lipinski definition) is 4. The third-order valence-corrected chi connectivity index (χ3v) is 4.85. The summed E-state index contributed by atoms with van der Waals surface area (Å²) in [5.41, 5.74) is 2.35. The average Bonchev–Trinajstić information content (AvgIpc) is 2.54. The van der Waals surface area contributed by atoms with Crippen molar-refractivity contribution in [2.75, 3.05) is 6.61 Å². The minimum absolute atomic E-state index is 0.0276. The molecule has 0 amide bonds. The molecule has 0 fully saturated rings. The molecule has 136 valence electrons. The number of aliphatic hydroxyl groups is 1. The Labute approximate surface area is 147 Å². The third kappa shape index (κ3) is 4.42. The van der Waals surface area contributed by atoms with Gasteiger partial charge in [-0.05, 0) is 62.6 Å². The molecule has 5 heteroatoms. The minimum Gasteiger partial charge on any atom is -0.507 e. The van der Waals surface area contributed by atoms with Crippen molar-refractivity contribution >= 4 is 5.97 Å². The second-order valence-electron chi connectivity index (χ2n) is 6.74. The molecule has 1 aliphatic carbocycles. The molecule has 25 heavy (non-hydrogen) atoms. The molecule has 2 rings (SSSR count). The molecule has 0 aromatic heterocycles. The van der Waals surface area contributed by atoms with Crippen molar-refractivity contribution in [3.8, 4) is 11.5 Å². The van der Waals surface area contributed by atoms with Crippen LogP contribution in [0.1, 0.15) is 49.7 Å². The summed E-state index contributed by atoms with van der Waals surface area (Å²) in [5.74, 6) is -1.47. The Hall–Kier alpha value is -2.27. The number of phenols is 2. The summed E-state index contributed by atoms with van der Waals surface area (Å²) in [6.45, 7) is 5.98. The molecule has 0 bridgehead atoms. The van der Waals surface area contributed by atoms with Gasteiger partial charge in [0.2, 0.25) is 0 Å². The van der Waals surface area contributed by atoms with E-state index < -0.39 is 11.9 Å². The number of aliphatic hydroxyl groups excluding tert-OH is 1. The van der Waals surface area contributed by atoms with Crippen LogP contribution in [0.5, 0.6) is 11.5 Å². The first-order valence-electron chi connectivity index (χ1n) is 8.60. The summed E-state index contributed by atoms with van der Waals surface area (Å²) >= 11 is 0. The summed E-state index contributed by atoms with van der Waals surface area (Å²) in [6, 6.07) is 3.23. The van der Waals surface area contributed by atoms with Crippen LogP contribution in [0.2, 0.25) is 0 Å². The van der Waals surface area contributed by atoms with Gasteiger partial charge in [-0.15, -0.1) is 0 Å². The molecule has 0 spiro atoms. The number of unbranched alkanes of at least 4 members (excludes halogenated alkanes) is 1. The van der Waals surface area contributed by atoms with E-state index in [1.807, 2.05) is 6.92 Å². The van der Waals surface area contributed by atoms with E-state index in [2.05, 4.69) is 6.58 Å². The summed E-state index contributed by atoms with van der Waals surface area (Å²) in [6.07, 6.45) is 4.77. The highest BCUT2D eigenvalue weighted by atomic mass is 16.4. The Bertz CT molecular complexity index is 666. The van der Waals surface area contributed by atoms with Crippen molar-refractivity contribution in [2.24, 2.45) is 5.92 Å². The van der Waals surface area contributed by atoms with Gasteiger partial charge in [0.15, 0.2) is 0 Å². The summed E-state index contributed by atoms with van der Waals surface area (Å²) in [4.78, 5) is 11.3. The molecule has 0 radical (unpaired) electrons. The van der Waals surface area contributed by atoms with Gasteiger partial charge in [-0.1, -0.05) is 18.2 Å². The van der Waals surface area contributed by atoms with Crippen LogP contribution in [-0.4, -0.2) is 33.0 Å². The number of rotatable bonds is 7. The highest BCUT2D eigenvalue weighted by molar-refractivity contribution is 5.87. The van der Waals surface area contributed by atoms with E-state index in [9.17, 15) is 20.1 Å². The molecule has 0 saturated carbocycles. The number of hydrogen-bond donors (Lipinski definition) is 4. The zero-order valence-electron chi connectivity index (χ0n) is 14.5. The van der Waals surface area contributed by atoms with Gasteiger partial charge in [-0.25, -0.2) is 4.79 Å². The van der Waals surface area contributed by atoms with Gasteiger partial charge in [0.05, 0.1) is 0 Å². The van der Waals surface area contributed by atoms with Crippen LogP contribution in [0.4, 0.5) is 0 Å². The topological polar surface area (TPSA) is 98.0 Å². The predicted octanol–water partition coefficient (Wildman–Crippen LogP) is 3.49. The second-order valence-corrected chi connectivity index (χ2v) is 6.74. The number of phenolic OH excluding ortho intramolecular Hbond substituents is 2. The molecule has 1 aromatic rings. The molecular formula is C20H26O5. The van der Waals surface area contributed by atoms with Crippen LogP contribution in [0, 0.1) is 5.92 Å². The summed E-state index contributed by atoms with van der Waals surface area (Å²) < 4.78 is 0. The lowest BCUT2D eigenvalue weighted by molar-refractivity contribution is -0.133. The van der Waals surface area contributed by atoms with Crippen molar-refractivity contribution < 1.29 is 25.2 Å². The summed E-state index contributed by atoms with van der Waals surface area (Å²) in [5, 5.41) is 39.1. The van der Waals surface area contributed by atoms with Crippen molar-refractivity contribution in [1.82, 2.24) is 0 Å². The zero-order chi connectivity index (χ0) is 18.6. The minimum atomic E-state index is -0.968. The molecule has 5 nitrogen and oxygen atoms in total. The molecule has 1 aliphatic rings. The number of carboxylic acids is 1. The lowest BCUT2D eigenvalue weighted by Gasteiger charge is -2.31. The van der Waals surface area contributed by atoms with E-state index >= 15 is 0 Å². The summed E-state index contributed by atoms with van der Waals surface area (Å²) in [7, 11) is 0. The van der Waals surface area contributed by atoms with Crippen LogP contribution < -0.4 is 0 Å². The van der Waals surface area contributed by atoms with Crippen LogP contribution in [0.25, 0.3) is 0 Å². The van der Waals surface area contributed by atoms with Gasteiger partial charge >= 0.3 is 5.97 Å². The lowest BCUT2D eigenvalue weighted by Crippen LogP contribution is -2.20. The van der Waals surface area contributed by atoms with E-state index in [0.29, 0.717) is 36.8 Å². The number of benzene rings is 1. The first kappa shape index (κ1) is 19.1. The van der Waals surface area contributed by atoms with Crippen molar-refractivity contribution in [2.45, 2.75) is 44.9 Å². The number of aryl methyl sites for hydroxylation is 1. The predicted molar refractivity (Wildman–Crippen MR) is 95.8 cm³/mol. The highest BCUT2D eigenvalue weighted by Gasteiger charge is 2.32. The highest BCUT2D eigenvalue weighted by Crippen LogP contribution is 2.46. The Morgan fingerprint density at radius 1 is 1.24 bits per heavy atom. The largest absolute Gasteiger partial charge is 0.507 e. The maximum Gasteiger partial charge on any atom is 0.331 e. The smallest absolute Gasteiger partial charge is 0.331 e. The normalized spacial score (nSPS) is 20.2. The maximum absolute atomic E-state index is 11.3. The SMILES string of the molecule is C=C(C)[C@@H]1CCC(C(=O)O)=CC1c1c(O)cc(CCCCO)cc1O. The molecule has 0 heterocycles. The van der Waals surface area contributed by atoms with E-state index in [1.54, 1.807) is 18.2 Å². The first-order valence-corrected chi connectivity index (χ1v) is 8.60. The maximum atomic E-state index is 11.3. The molecule has 4 N–H and O–H groups in total. The third-order valence-electron chi connectivity index (χ3n) is 4.85. The Balaban J connectivity index is 2.40. The van der Waals surface area contributed by atoms with E-state index in [1.165, 1.54) is 0 Å². The number of carbonyl (C=O) groups is 1. The van der Waals surface area contributed by atoms with E-state index in [-0.39, 0.29) is 24.0 Å². The number of aromatic hydroxyl groups is 2. The van der Waals surface area contributed by atoms with Gasteiger partial charge in [-0.2, -0.15) is 0 Å². The molecule has 2 atom stereocenters. The van der Waals surface area contributed by atoms with Crippen LogP contribution in [0.3, 0.4) is 0 Å². The first-order chi connectivity index (χ1) is 11.8. The van der Waals surface area contributed by atoms with Crippen LogP contribution in [-0.2, 0) is 11.2 Å². The molecule has 0 saturated heterocycles. The zero-order valence-corrected chi connectivity index (χ0v) is 14.5. The Morgan fingerprint density at radius 2 is 1.88 bits per heavy atom. The fraction of sp³-hybridized carbons (Fsp3) is 0.450. The second kappa shape index (κ2) is 8.21.